The molecule has 0 bridgehead atoms. The maximum atomic E-state index is 12.5. The summed E-state index contributed by atoms with van der Waals surface area (Å²) in [4.78, 5) is 39.8. The van der Waals surface area contributed by atoms with E-state index >= 15 is 0 Å². The second-order valence-corrected chi connectivity index (χ2v) is 7.92. The number of hydrogen-bond donors (Lipinski definition) is 2. The van der Waals surface area contributed by atoms with Crippen LogP contribution < -0.4 is 5.32 Å². The Hall–Kier alpha value is -3.41. The first-order chi connectivity index (χ1) is 14.4. The minimum Gasteiger partial charge on any atom is -0.452 e. The summed E-state index contributed by atoms with van der Waals surface area (Å²) < 4.78 is 5.21. The average molecular weight is 404 g/mol. The van der Waals surface area contributed by atoms with Crippen molar-refractivity contribution in [3.63, 3.8) is 0 Å². The smallest absolute Gasteiger partial charge is 0.338 e. The van der Waals surface area contributed by atoms with Crippen LogP contribution in [-0.4, -0.2) is 29.3 Å². The highest BCUT2D eigenvalue weighted by Gasteiger charge is 2.21. The zero-order chi connectivity index (χ0) is 21.3. The molecule has 1 aromatic heterocycles. The highest BCUT2D eigenvalue weighted by atomic mass is 16.5. The minimum atomic E-state index is -0.550. The predicted octanol–water partition coefficient (Wildman–Crippen LogP) is 4.29. The second kappa shape index (κ2) is 8.14. The molecule has 2 aromatic carbocycles. The number of benzene rings is 2. The molecule has 3 aromatic rings. The van der Waals surface area contributed by atoms with Gasteiger partial charge < -0.3 is 15.0 Å². The van der Waals surface area contributed by atoms with Crippen molar-refractivity contribution >= 4 is 34.3 Å². The van der Waals surface area contributed by atoms with E-state index in [1.165, 1.54) is 18.2 Å². The molecule has 6 nitrogen and oxygen atoms in total. The van der Waals surface area contributed by atoms with Crippen molar-refractivity contribution in [2.24, 2.45) is 5.92 Å². The first kappa shape index (κ1) is 19.9. The Morgan fingerprint density at radius 2 is 1.97 bits per heavy atom. The van der Waals surface area contributed by atoms with E-state index in [0.29, 0.717) is 22.7 Å². The lowest BCUT2D eigenvalue weighted by Crippen LogP contribution is -2.22. The molecule has 0 radical (unpaired) electrons. The van der Waals surface area contributed by atoms with Crippen LogP contribution in [0.2, 0.25) is 0 Å². The van der Waals surface area contributed by atoms with Crippen LogP contribution in [0.1, 0.15) is 52.2 Å². The van der Waals surface area contributed by atoms with Gasteiger partial charge in [-0.3, -0.25) is 9.59 Å². The van der Waals surface area contributed by atoms with Crippen LogP contribution in [0.25, 0.3) is 10.9 Å². The fraction of sp³-hybridized carbons (Fsp3) is 0.292. The van der Waals surface area contributed by atoms with E-state index in [0.717, 1.165) is 30.2 Å². The Kier molecular flexibility index (Phi) is 5.40. The molecule has 4 rings (SSSR count). The van der Waals surface area contributed by atoms with E-state index in [9.17, 15) is 14.4 Å². The zero-order valence-corrected chi connectivity index (χ0v) is 17.1. The van der Waals surface area contributed by atoms with Crippen molar-refractivity contribution < 1.29 is 19.1 Å². The van der Waals surface area contributed by atoms with Gasteiger partial charge in [0.15, 0.2) is 12.4 Å². The van der Waals surface area contributed by atoms with Gasteiger partial charge in [-0.2, -0.15) is 0 Å². The summed E-state index contributed by atoms with van der Waals surface area (Å²) in [6, 6.07) is 12.2. The Balaban J connectivity index is 1.44. The van der Waals surface area contributed by atoms with Gasteiger partial charge in [-0.25, -0.2) is 4.79 Å². The maximum Gasteiger partial charge on any atom is 0.338 e. The second-order valence-electron chi connectivity index (χ2n) is 7.92. The number of esters is 1. The van der Waals surface area contributed by atoms with Crippen LogP contribution in [0.15, 0.2) is 42.5 Å². The molecule has 0 saturated carbocycles. The molecule has 0 fully saturated rings. The number of carbonyl (C=O) groups excluding carboxylic acids is 3. The van der Waals surface area contributed by atoms with Crippen molar-refractivity contribution in [2.75, 3.05) is 11.9 Å². The van der Waals surface area contributed by atoms with Gasteiger partial charge in [0, 0.05) is 22.2 Å². The number of rotatable bonds is 5. The molecule has 1 aliphatic rings. The first-order valence-electron chi connectivity index (χ1n) is 10.1. The number of fused-ring (bicyclic) bond motifs is 3. The molecule has 1 heterocycles. The predicted molar refractivity (Wildman–Crippen MR) is 115 cm³/mol. The standard InChI is InChI=1S/C24H24N2O4/c1-14-7-9-21-18(11-14)19-12-16(8-10-22(19)25-21)24(29)30-13-23(28)26-20-6-4-3-5-17(20)15(2)27/h3-6,8,10,12,14,25H,7,9,11,13H2,1-2H3,(H,26,28)/t14-/m0/s1. The van der Waals surface area contributed by atoms with Crippen molar-refractivity contribution in [2.45, 2.75) is 33.1 Å². The van der Waals surface area contributed by atoms with Crippen molar-refractivity contribution in [3.8, 4) is 0 Å². The summed E-state index contributed by atoms with van der Waals surface area (Å²) in [5.74, 6) is -0.578. The lowest BCUT2D eigenvalue weighted by molar-refractivity contribution is -0.119. The number of H-pyrrole nitrogens is 1. The van der Waals surface area contributed by atoms with Gasteiger partial charge in [-0.1, -0.05) is 19.1 Å². The molecular weight excluding hydrogens is 380 g/mol. The molecular formula is C24H24N2O4. The molecule has 2 N–H and O–H groups in total. The molecule has 1 atom stereocenters. The quantitative estimate of drug-likeness (QED) is 0.490. The van der Waals surface area contributed by atoms with Gasteiger partial charge in [0.05, 0.1) is 11.3 Å². The van der Waals surface area contributed by atoms with Gasteiger partial charge >= 0.3 is 5.97 Å². The summed E-state index contributed by atoms with van der Waals surface area (Å²) in [5, 5.41) is 3.68. The van der Waals surface area contributed by atoms with E-state index in [-0.39, 0.29) is 5.78 Å². The third kappa shape index (κ3) is 3.99. The molecule has 0 spiro atoms. The SMILES string of the molecule is CC(=O)c1ccccc1NC(=O)COC(=O)c1ccc2[nH]c3c(c2c1)C[C@@H](C)CC3. The molecule has 6 heteroatoms. The van der Waals surface area contributed by atoms with Crippen LogP contribution in [0.3, 0.4) is 0 Å². The van der Waals surface area contributed by atoms with Crippen molar-refractivity contribution in [1.82, 2.24) is 4.98 Å². The van der Waals surface area contributed by atoms with E-state index in [1.54, 1.807) is 30.3 Å². The molecule has 154 valence electrons. The highest BCUT2D eigenvalue weighted by Crippen LogP contribution is 2.32. The summed E-state index contributed by atoms with van der Waals surface area (Å²) >= 11 is 0. The van der Waals surface area contributed by atoms with E-state index in [4.69, 9.17) is 4.74 Å². The molecule has 0 aliphatic heterocycles. The number of ketones is 1. The molecule has 0 saturated heterocycles. The van der Waals surface area contributed by atoms with Crippen molar-refractivity contribution in [3.05, 3.63) is 64.8 Å². The molecule has 0 unspecified atom stereocenters. The fourth-order valence-corrected chi connectivity index (χ4v) is 4.02. The van der Waals surface area contributed by atoms with Gasteiger partial charge in [0.25, 0.3) is 5.91 Å². The molecule has 1 amide bonds. The van der Waals surface area contributed by atoms with Crippen LogP contribution in [0.4, 0.5) is 5.69 Å². The normalized spacial score (nSPS) is 15.5. The number of ether oxygens (including phenoxy) is 1. The Morgan fingerprint density at radius 1 is 1.17 bits per heavy atom. The topological polar surface area (TPSA) is 88.3 Å². The largest absolute Gasteiger partial charge is 0.452 e. The van der Waals surface area contributed by atoms with Gasteiger partial charge in [-0.05, 0) is 68.0 Å². The summed E-state index contributed by atoms with van der Waals surface area (Å²) in [6.07, 6.45) is 3.18. The highest BCUT2D eigenvalue weighted by molar-refractivity contribution is 6.04. The number of para-hydroxylation sites is 1. The van der Waals surface area contributed by atoms with E-state index < -0.39 is 18.5 Å². The van der Waals surface area contributed by atoms with Crippen LogP contribution in [0, 0.1) is 5.92 Å². The molecule has 30 heavy (non-hydrogen) atoms. The Labute approximate surface area is 174 Å². The third-order valence-electron chi connectivity index (χ3n) is 5.58. The monoisotopic (exact) mass is 404 g/mol. The number of nitrogens with one attached hydrogen (secondary N) is 2. The lowest BCUT2D eigenvalue weighted by atomic mass is 9.87. The van der Waals surface area contributed by atoms with Crippen LogP contribution in [-0.2, 0) is 22.4 Å². The van der Waals surface area contributed by atoms with Gasteiger partial charge in [0.2, 0.25) is 0 Å². The fourth-order valence-electron chi connectivity index (χ4n) is 4.02. The van der Waals surface area contributed by atoms with E-state index in [1.807, 2.05) is 12.1 Å². The number of aromatic nitrogens is 1. The summed E-state index contributed by atoms with van der Waals surface area (Å²) in [7, 11) is 0. The van der Waals surface area contributed by atoms with Gasteiger partial charge in [0.1, 0.15) is 0 Å². The van der Waals surface area contributed by atoms with Crippen LogP contribution in [0.5, 0.6) is 0 Å². The number of amides is 1. The number of carbonyl (C=O) groups is 3. The van der Waals surface area contributed by atoms with Crippen molar-refractivity contribution in [1.29, 1.82) is 0 Å². The maximum absolute atomic E-state index is 12.5. The third-order valence-corrected chi connectivity index (χ3v) is 5.58. The number of hydrogen-bond acceptors (Lipinski definition) is 4. The van der Waals surface area contributed by atoms with Gasteiger partial charge in [-0.15, -0.1) is 0 Å². The zero-order valence-electron chi connectivity index (χ0n) is 17.1. The first-order valence-corrected chi connectivity index (χ1v) is 10.1. The average Bonchev–Trinajstić information content (AvgIpc) is 3.09. The van der Waals surface area contributed by atoms with E-state index in [2.05, 4.69) is 17.2 Å². The minimum absolute atomic E-state index is 0.152. The number of Topliss-reactive ketones (excluding diaryl/α,β-unsaturated/α-hetero) is 1. The molecule has 1 aliphatic carbocycles. The number of anilines is 1. The number of aryl methyl sites for hydroxylation is 1. The summed E-state index contributed by atoms with van der Waals surface area (Å²) in [5.41, 5.74) is 4.77. The summed E-state index contributed by atoms with van der Waals surface area (Å²) in [6.45, 7) is 3.25. The lowest BCUT2D eigenvalue weighted by Gasteiger charge is -2.18. The Bertz CT molecular complexity index is 1150. The number of aromatic amines is 1. The van der Waals surface area contributed by atoms with Crippen LogP contribution >= 0.6 is 0 Å². The Morgan fingerprint density at radius 3 is 2.77 bits per heavy atom.